The molecule has 1 aliphatic rings. The number of anilines is 1. The van der Waals surface area contributed by atoms with Crippen molar-refractivity contribution in [3.05, 3.63) is 47.9 Å². The Kier molecular flexibility index (Phi) is 9.07. The Labute approximate surface area is 141 Å². The molecule has 4 heteroatoms. The zero-order valence-electron chi connectivity index (χ0n) is 15.2. The summed E-state index contributed by atoms with van der Waals surface area (Å²) in [6.07, 6.45) is 1.64. The first-order valence-corrected chi connectivity index (χ1v) is 8.74. The summed E-state index contributed by atoms with van der Waals surface area (Å²) in [5.74, 6) is 0. The van der Waals surface area contributed by atoms with Crippen molar-refractivity contribution in [3.8, 4) is 0 Å². The Hall–Kier alpha value is -1.81. The van der Waals surface area contributed by atoms with E-state index < -0.39 is 0 Å². The van der Waals surface area contributed by atoms with E-state index in [1.54, 1.807) is 6.26 Å². The summed E-state index contributed by atoms with van der Waals surface area (Å²) in [7, 11) is 0. The zero-order chi connectivity index (χ0) is 17.1. The largest absolute Gasteiger partial charge is 0.369 e. The van der Waals surface area contributed by atoms with Gasteiger partial charge in [0.05, 0.1) is 5.69 Å². The van der Waals surface area contributed by atoms with Crippen molar-refractivity contribution >= 4 is 5.69 Å². The fourth-order valence-electron chi connectivity index (χ4n) is 2.47. The molecule has 0 spiro atoms. The molecular weight excluding hydrogens is 286 g/mol. The highest BCUT2D eigenvalue weighted by Gasteiger charge is 2.17. The summed E-state index contributed by atoms with van der Waals surface area (Å²) >= 11 is 0. The molecule has 0 unspecified atom stereocenters. The lowest BCUT2D eigenvalue weighted by atomic mass is 10.2. The molecule has 2 aromatic rings. The molecule has 3 rings (SSSR count). The van der Waals surface area contributed by atoms with Crippen LogP contribution in [0.5, 0.6) is 0 Å². The van der Waals surface area contributed by atoms with Gasteiger partial charge in [-0.2, -0.15) is 0 Å². The first kappa shape index (κ1) is 19.2. The van der Waals surface area contributed by atoms with E-state index >= 15 is 0 Å². The van der Waals surface area contributed by atoms with Gasteiger partial charge in [-0.1, -0.05) is 50.5 Å². The van der Waals surface area contributed by atoms with Gasteiger partial charge in [-0.3, -0.25) is 4.90 Å². The summed E-state index contributed by atoms with van der Waals surface area (Å²) in [5.41, 5.74) is 3.66. The van der Waals surface area contributed by atoms with Crippen LogP contribution in [0.4, 0.5) is 5.69 Å². The van der Waals surface area contributed by atoms with Gasteiger partial charge in [0.1, 0.15) is 6.26 Å². The predicted octanol–water partition coefficient (Wildman–Crippen LogP) is 4.36. The van der Waals surface area contributed by atoms with E-state index in [1.165, 1.54) is 11.3 Å². The Morgan fingerprint density at radius 3 is 2.04 bits per heavy atom. The molecular formula is C19H31N3O. The Morgan fingerprint density at radius 1 is 0.913 bits per heavy atom. The van der Waals surface area contributed by atoms with Gasteiger partial charge < -0.3 is 9.42 Å². The molecule has 128 valence electrons. The Morgan fingerprint density at radius 2 is 1.52 bits per heavy atom. The minimum atomic E-state index is 0.887. The molecule has 1 fully saturated rings. The normalized spacial score (nSPS) is 14.4. The fraction of sp³-hybridized carbons (Fsp3) is 0.526. The molecule has 0 saturated carbocycles. The van der Waals surface area contributed by atoms with Crippen LogP contribution in [0.3, 0.4) is 0 Å². The Bertz CT molecular complexity index is 500. The number of nitrogens with zero attached hydrogens (tertiary/aromatic N) is 3. The molecule has 1 aromatic heterocycles. The fourth-order valence-corrected chi connectivity index (χ4v) is 2.47. The second-order valence-corrected chi connectivity index (χ2v) is 5.09. The topological polar surface area (TPSA) is 32.5 Å². The summed E-state index contributed by atoms with van der Waals surface area (Å²) in [6.45, 7) is 15.3. The molecule has 1 aromatic carbocycles. The molecule has 0 radical (unpaired) electrons. The maximum absolute atomic E-state index is 4.87. The average molecular weight is 317 g/mol. The number of aromatic nitrogens is 1. The highest BCUT2D eigenvalue weighted by Crippen LogP contribution is 2.17. The van der Waals surface area contributed by atoms with Gasteiger partial charge >= 0.3 is 0 Å². The molecule has 0 bridgehead atoms. The van der Waals surface area contributed by atoms with Crippen molar-refractivity contribution < 1.29 is 4.52 Å². The van der Waals surface area contributed by atoms with Crippen molar-refractivity contribution in [1.29, 1.82) is 0 Å². The van der Waals surface area contributed by atoms with Crippen LogP contribution in [0.2, 0.25) is 0 Å². The van der Waals surface area contributed by atoms with Gasteiger partial charge in [0.25, 0.3) is 0 Å². The van der Waals surface area contributed by atoms with Crippen LogP contribution >= 0.6 is 0 Å². The van der Waals surface area contributed by atoms with Gasteiger partial charge in [-0.25, -0.2) is 0 Å². The van der Waals surface area contributed by atoms with Crippen LogP contribution in [-0.4, -0.2) is 36.2 Å². The van der Waals surface area contributed by atoms with Gasteiger partial charge in [0, 0.05) is 44.5 Å². The number of piperazine rings is 1. The van der Waals surface area contributed by atoms with Crippen molar-refractivity contribution in [2.24, 2.45) is 0 Å². The summed E-state index contributed by atoms with van der Waals surface area (Å²) in [5, 5.41) is 3.97. The maximum Gasteiger partial charge on any atom is 0.124 e. The summed E-state index contributed by atoms with van der Waals surface area (Å²) in [6, 6.07) is 10.7. The predicted molar refractivity (Wildman–Crippen MR) is 97.9 cm³/mol. The number of benzene rings is 1. The SMILES string of the molecule is CC.CC.Cc1ccc(N2CCN(Cc3ccon3)CC2)cc1. The molecule has 1 saturated heterocycles. The van der Waals surface area contributed by atoms with Crippen LogP contribution in [0.25, 0.3) is 0 Å². The first-order valence-electron chi connectivity index (χ1n) is 8.74. The average Bonchev–Trinajstić information content (AvgIpc) is 3.13. The lowest BCUT2D eigenvalue weighted by Crippen LogP contribution is -2.46. The third-order valence-corrected chi connectivity index (χ3v) is 3.65. The minimum Gasteiger partial charge on any atom is -0.369 e. The number of hydrogen-bond donors (Lipinski definition) is 0. The number of hydrogen-bond acceptors (Lipinski definition) is 4. The van der Waals surface area contributed by atoms with Crippen LogP contribution < -0.4 is 4.90 Å². The number of aryl methyl sites for hydroxylation is 1. The molecule has 1 aliphatic heterocycles. The second kappa shape index (κ2) is 10.8. The van der Waals surface area contributed by atoms with Crippen molar-refractivity contribution in [2.75, 3.05) is 31.1 Å². The van der Waals surface area contributed by atoms with Gasteiger partial charge in [0.15, 0.2) is 0 Å². The van der Waals surface area contributed by atoms with E-state index in [9.17, 15) is 0 Å². The van der Waals surface area contributed by atoms with Crippen molar-refractivity contribution in [2.45, 2.75) is 41.2 Å². The summed E-state index contributed by atoms with van der Waals surface area (Å²) < 4.78 is 4.87. The quantitative estimate of drug-likeness (QED) is 0.842. The molecule has 0 aliphatic carbocycles. The van der Waals surface area contributed by atoms with Crippen molar-refractivity contribution in [3.63, 3.8) is 0 Å². The minimum absolute atomic E-state index is 0.887. The highest BCUT2D eigenvalue weighted by atomic mass is 16.5. The van der Waals surface area contributed by atoms with Gasteiger partial charge in [-0.05, 0) is 19.1 Å². The third kappa shape index (κ3) is 6.06. The van der Waals surface area contributed by atoms with Crippen LogP contribution in [0.1, 0.15) is 39.0 Å². The molecule has 2 heterocycles. The number of rotatable bonds is 3. The zero-order valence-corrected chi connectivity index (χ0v) is 15.2. The maximum atomic E-state index is 4.87. The third-order valence-electron chi connectivity index (χ3n) is 3.65. The van der Waals surface area contributed by atoms with Crippen LogP contribution in [0, 0.1) is 6.92 Å². The summed E-state index contributed by atoms with van der Waals surface area (Å²) in [4.78, 5) is 4.86. The smallest absolute Gasteiger partial charge is 0.124 e. The molecule has 0 atom stereocenters. The van der Waals surface area contributed by atoms with Gasteiger partial charge in [-0.15, -0.1) is 0 Å². The van der Waals surface area contributed by atoms with E-state index in [1.807, 2.05) is 33.8 Å². The molecule has 0 N–H and O–H groups in total. The Balaban J connectivity index is 0.000000615. The lowest BCUT2D eigenvalue weighted by molar-refractivity contribution is 0.242. The monoisotopic (exact) mass is 317 g/mol. The second-order valence-electron chi connectivity index (χ2n) is 5.09. The van der Waals surface area contributed by atoms with E-state index in [-0.39, 0.29) is 0 Å². The highest BCUT2D eigenvalue weighted by molar-refractivity contribution is 5.47. The molecule has 23 heavy (non-hydrogen) atoms. The van der Waals surface area contributed by atoms with Crippen LogP contribution in [0.15, 0.2) is 41.1 Å². The molecule has 4 nitrogen and oxygen atoms in total. The molecule has 0 amide bonds. The van der Waals surface area contributed by atoms with E-state index in [2.05, 4.69) is 46.1 Å². The van der Waals surface area contributed by atoms with E-state index in [0.29, 0.717) is 0 Å². The van der Waals surface area contributed by atoms with Gasteiger partial charge in [0.2, 0.25) is 0 Å². The first-order chi connectivity index (χ1) is 11.3. The standard InChI is InChI=1S/C15H19N3O.2C2H6/c1-13-2-4-15(5-3-13)18-9-7-17(8-10-18)12-14-6-11-19-16-14;2*1-2/h2-6,11H,7-10,12H2,1H3;2*1-2H3. The van der Waals surface area contributed by atoms with Crippen molar-refractivity contribution in [1.82, 2.24) is 10.1 Å². The van der Waals surface area contributed by atoms with Crippen LogP contribution in [-0.2, 0) is 6.54 Å². The van der Waals surface area contributed by atoms with E-state index in [4.69, 9.17) is 4.52 Å². The van der Waals surface area contributed by atoms with E-state index in [0.717, 1.165) is 38.4 Å². The lowest BCUT2D eigenvalue weighted by Gasteiger charge is -2.35.